The van der Waals surface area contributed by atoms with Crippen molar-refractivity contribution in [2.24, 2.45) is 11.1 Å². The van der Waals surface area contributed by atoms with Crippen LogP contribution in [0.3, 0.4) is 0 Å². The average molecular weight is 388 g/mol. The van der Waals surface area contributed by atoms with Crippen molar-refractivity contribution in [3.05, 3.63) is 35.4 Å². The fraction of sp³-hybridized carbons (Fsp3) is 0.550. The molecule has 1 N–H and O–H groups in total. The molecule has 7 heteroatoms. The lowest BCUT2D eigenvalue weighted by Gasteiger charge is -2.30. The highest BCUT2D eigenvalue weighted by atomic mass is 32.2. The molecule has 0 aromatic heterocycles. The number of nitrogens with zero attached hydrogens (tertiary/aromatic N) is 3. The Labute approximate surface area is 163 Å². The van der Waals surface area contributed by atoms with Gasteiger partial charge in [0.2, 0.25) is 11.8 Å². The van der Waals surface area contributed by atoms with E-state index in [1.165, 1.54) is 17.3 Å². The van der Waals surface area contributed by atoms with Crippen LogP contribution in [-0.4, -0.2) is 63.3 Å². The molecular formula is C20H25N3O3S. The Balaban J connectivity index is 1.39. The standard InChI is InChI=1S/C20H25N3O3S/c24-19(10-14-8-15-4-1-2-5-16(15)9-14)22-7-3-6-18(22)20(25)23-13-27-12-17(23)11-21-26/h1-2,4-5,11,14,17-18,26H,3,6-10,12-13H2/t17-,18+/m1/s1. The van der Waals surface area contributed by atoms with Crippen molar-refractivity contribution in [3.63, 3.8) is 0 Å². The van der Waals surface area contributed by atoms with Crippen molar-refractivity contribution >= 4 is 29.8 Å². The van der Waals surface area contributed by atoms with Gasteiger partial charge in [-0.15, -0.1) is 11.8 Å². The summed E-state index contributed by atoms with van der Waals surface area (Å²) in [4.78, 5) is 29.5. The minimum Gasteiger partial charge on any atom is -0.411 e. The molecule has 2 heterocycles. The van der Waals surface area contributed by atoms with E-state index in [0.29, 0.717) is 24.8 Å². The molecule has 1 aromatic carbocycles. The zero-order valence-electron chi connectivity index (χ0n) is 15.3. The third-order valence-corrected chi connectivity index (χ3v) is 6.94. The van der Waals surface area contributed by atoms with Crippen LogP contribution in [0.4, 0.5) is 0 Å². The maximum atomic E-state index is 13.0. The molecule has 0 unspecified atom stereocenters. The number of hydrogen-bond donors (Lipinski definition) is 1. The van der Waals surface area contributed by atoms with Gasteiger partial charge in [-0.2, -0.15) is 0 Å². The molecule has 144 valence electrons. The molecule has 0 saturated carbocycles. The summed E-state index contributed by atoms with van der Waals surface area (Å²) >= 11 is 1.65. The van der Waals surface area contributed by atoms with Crippen LogP contribution in [-0.2, 0) is 22.4 Å². The van der Waals surface area contributed by atoms with Crippen LogP contribution in [0.5, 0.6) is 0 Å². The molecule has 2 atom stereocenters. The van der Waals surface area contributed by atoms with Crippen LogP contribution in [0.1, 0.15) is 30.4 Å². The number of carbonyl (C=O) groups is 2. The van der Waals surface area contributed by atoms with Gasteiger partial charge in [-0.25, -0.2) is 0 Å². The molecule has 2 fully saturated rings. The van der Waals surface area contributed by atoms with Gasteiger partial charge < -0.3 is 15.0 Å². The van der Waals surface area contributed by atoms with Gasteiger partial charge in [0.25, 0.3) is 0 Å². The van der Waals surface area contributed by atoms with Gasteiger partial charge in [0.1, 0.15) is 6.04 Å². The summed E-state index contributed by atoms with van der Waals surface area (Å²) in [5.74, 6) is 1.75. The largest absolute Gasteiger partial charge is 0.411 e. The minimum absolute atomic E-state index is 0.00884. The van der Waals surface area contributed by atoms with E-state index in [9.17, 15) is 9.59 Å². The van der Waals surface area contributed by atoms with Crippen LogP contribution in [0.15, 0.2) is 29.4 Å². The van der Waals surface area contributed by atoms with Gasteiger partial charge in [0.05, 0.1) is 18.1 Å². The molecule has 4 rings (SSSR count). The zero-order valence-corrected chi connectivity index (χ0v) is 16.1. The molecule has 1 aliphatic carbocycles. The lowest BCUT2D eigenvalue weighted by atomic mass is 10.0. The predicted octanol–water partition coefficient (Wildman–Crippen LogP) is 2.14. The number of carbonyl (C=O) groups excluding carboxylic acids is 2. The van der Waals surface area contributed by atoms with Crippen LogP contribution < -0.4 is 0 Å². The molecule has 6 nitrogen and oxygen atoms in total. The molecule has 27 heavy (non-hydrogen) atoms. The SMILES string of the molecule is O=C([C@@H]1CCCN1C(=O)CC1Cc2ccccc2C1)N1CSC[C@H]1C=NO. The highest BCUT2D eigenvalue weighted by molar-refractivity contribution is 7.99. The van der Waals surface area contributed by atoms with E-state index in [1.54, 1.807) is 21.6 Å². The maximum absolute atomic E-state index is 13.0. The summed E-state index contributed by atoms with van der Waals surface area (Å²) in [7, 11) is 0. The maximum Gasteiger partial charge on any atom is 0.246 e. The van der Waals surface area contributed by atoms with E-state index >= 15 is 0 Å². The fourth-order valence-electron chi connectivity index (χ4n) is 4.56. The first-order valence-corrected chi connectivity index (χ1v) is 10.7. The molecule has 0 spiro atoms. The topological polar surface area (TPSA) is 73.2 Å². The number of fused-ring (bicyclic) bond motifs is 1. The smallest absolute Gasteiger partial charge is 0.246 e. The van der Waals surface area contributed by atoms with Crippen molar-refractivity contribution in [2.45, 2.75) is 44.2 Å². The minimum atomic E-state index is -0.366. The number of benzene rings is 1. The van der Waals surface area contributed by atoms with E-state index in [1.807, 2.05) is 0 Å². The Kier molecular flexibility index (Phi) is 5.38. The second-order valence-corrected chi connectivity index (χ2v) is 8.63. The van der Waals surface area contributed by atoms with Gasteiger partial charge in [-0.1, -0.05) is 29.4 Å². The van der Waals surface area contributed by atoms with Gasteiger partial charge in [0, 0.05) is 18.7 Å². The zero-order chi connectivity index (χ0) is 18.8. The number of thioether (sulfide) groups is 1. The number of rotatable bonds is 4. The number of hydrogen-bond acceptors (Lipinski definition) is 5. The monoisotopic (exact) mass is 387 g/mol. The van der Waals surface area contributed by atoms with E-state index in [-0.39, 0.29) is 23.9 Å². The summed E-state index contributed by atoms with van der Waals surface area (Å²) in [5.41, 5.74) is 2.70. The van der Waals surface area contributed by atoms with Gasteiger partial charge >= 0.3 is 0 Å². The van der Waals surface area contributed by atoms with Crippen molar-refractivity contribution in [3.8, 4) is 0 Å². The molecule has 3 aliphatic rings. The normalized spacial score (nSPS) is 25.5. The number of amides is 2. The Morgan fingerprint density at radius 1 is 1.22 bits per heavy atom. The van der Waals surface area contributed by atoms with Crippen LogP contribution >= 0.6 is 11.8 Å². The first-order valence-electron chi connectivity index (χ1n) is 9.59. The van der Waals surface area contributed by atoms with Crippen molar-refractivity contribution in [1.82, 2.24) is 9.80 Å². The van der Waals surface area contributed by atoms with Crippen LogP contribution in [0.2, 0.25) is 0 Å². The molecule has 2 saturated heterocycles. The molecule has 2 amide bonds. The molecule has 0 bridgehead atoms. The highest BCUT2D eigenvalue weighted by Crippen LogP contribution is 2.31. The van der Waals surface area contributed by atoms with Crippen molar-refractivity contribution < 1.29 is 14.8 Å². The second kappa shape index (κ2) is 7.92. The first kappa shape index (κ1) is 18.3. The van der Waals surface area contributed by atoms with Gasteiger partial charge in [-0.3, -0.25) is 9.59 Å². The second-order valence-electron chi connectivity index (χ2n) is 7.63. The molecule has 1 aromatic rings. The fourth-order valence-corrected chi connectivity index (χ4v) is 5.69. The van der Waals surface area contributed by atoms with Gasteiger partial charge in [-0.05, 0) is 42.7 Å². The summed E-state index contributed by atoms with van der Waals surface area (Å²) in [6.07, 6.45) is 5.41. The van der Waals surface area contributed by atoms with E-state index in [2.05, 4.69) is 29.4 Å². The first-order chi connectivity index (χ1) is 13.2. The third kappa shape index (κ3) is 3.70. The summed E-state index contributed by atoms with van der Waals surface area (Å²) < 4.78 is 0. The number of likely N-dealkylation sites (tertiary alicyclic amines) is 1. The van der Waals surface area contributed by atoms with Gasteiger partial charge in [0.15, 0.2) is 0 Å². The van der Waals surface area contributed by atoms with E-state index < -0.39 is 0 Å². The Morgan fingerprint density at radius 3 is 2.67 bits per heavy atom. The Morgan fingerprint density at radius 2 is 1.96 bits per heavy atom. The summed E-state index contributed by atoms with van der Waals surface area (Å²) in [5, 5.41) is 11.9. The molecule has 0 radical (unpaired) electrons. The lowest BCUT2D eigenvalue weighted by molar-refractivity contribution is -0.143. The molecule has 2 aliphatic heterocycles. The average Bonchev–Trinajstić information content (AvgIpc) is 3.40. The highest BCUT2D eigenvalue weighted by Gasteiger charge is 2.40. The summed E-state index contributed by atoms with van der Waals surface area (Å²) in [6, 6.07) is 7.85. The number of oxime groups is 1. The van der Waals surface area contributed by atoms with Crippen molar-refractivity contribution in [1.29, 1.82) is 0 Å². The molecular weight excluding hydrogens is 362 g/mol. The van der Waals surface area contributed by atoms with Crippen LogP contribution in [0, 0.1) is 5.92 Å². The van der Waals surface area contributed by atoms with Crippen molar-refractivity contribution in [2.75, 3.05) is 18.2 Å². The Bertz CT molecular complexity index is 729. The predicted molar refractivity (Wildman–Crippen MR) is 105 cm³/mol. The van der Waals surface area contributed by atoms with Crippen LogP contribution in [0.25, 0.3) is 0 Å². The lowest BCUT2D eigenvalue weighted by Crippen LogP contribution is -2.50. The Hall–Kier alpha value is -2.02. The third-order valence-electron chi connectivity index (χ3n) is 5.90. The van der Waals surface area contributed by atoms with E-state index in [4.69, 9.17) is 5.21 Å². The quantitative estimate of drug-likeness (QED) is 0.488. The summed E-state index contributed by atoms with van der Waals surface area (Å²) in [6.45, 7) is 0.661. The van der Waals surface area contributed by atoms with E-state index in [0.717, 1.165) is 31.4 Å².